The molecule has 378 valence electrons. The standard InChI is InChI=1S/C70H67BN2O3/c1-66(2,3)41-23-27-44(28-24-41)73-56-39-60-48(49-37-53-54(38-59(49)74-60)70(12,13)32-31-69(53,10)11)35-47(56)50-36-51-45-21-17-18-22-57(45)75-64(51)63-61(50)71(73)65-62(52-34-43(68(7,8)9)26-30-58(52)76-65)72(63)55-29-25-42(67(4,5)6)33-46(55)40-19-15-14-16-20-40/h14-30,33-39H,31-32H2,1-13H3. The Morgan fingerprint density at radius 2 is 1.03 bits per heavy atom. The van der Waals surface area contributed by atoms with Crippen LogP contribution in [0.15, 0.2) is 159 Å². The number of benzene rings is 8. The van der Waals surface area contributed by atoms with Crippen LogP contribution in [-0.2, 0) is 27.1 Å². The Kier molecular flexibility index (Phi) is 9.65. The number of para-hydroxylation sites is 1. The van der Waals surface area contributed by atoms with Crippen LogP contribution in [0.25, 0.3) is 77.1 Å². The van der Waals surface area contributed by atoms with E-state index in [9.17, 15) is 0 Å². The van der Waals surface area contributed by atoms with E-state index < -0.39 is 6.85 Å². The van der Waals surface area contributed by atoms with Gasteiger partial charge in [0.25, 0.3) is 0 Å². The van der Waals surface area contributed by atoms with Gasteiger partial charge in [0.05, 0.1) is 17.1 Å². The lowest BCUT2D eigenvalue weighted by molar-refractivity contribution is 0.332. The Morgan fingerprint density at radius 1 is 0.434 bits per heavy atom. The van der Waals surface area contributed by atoms with Gasteiger partial charge in [0.15, 0.2) is 5.58 Å². The molecule has 8 aromatic carbocycles. The SMILES string of the molecule is CC(C)(C)c1ccc(N2B3c4oc5ccc(C(C)(C)C)cc5c4N(c4ccc(C(C)(C)C)cc4-c4ccccc4)c4c3c(cc3c4oc4ccccc43)-c3cc4c(cc32)oc2cc3c(cc24)C(C)(C)CCC3(C)C)cc1. The van der Waals surface area contributed by atoms with Crippen molar-refractivity contribution in [1.82, 2.24) is 0 Å². The summed E-state index contributed by atoms with van der Waals surface area (Å²) < 4.78 is 22.1. The van der Waals surface area contributed by atoms with E-state index >= 15 is 0 Å². The number of furan rings is 3. The third-order valence-corrected chi connectivity index (χ3v) is 17.8. The fourth-order valence-electron chi connectivity index (χ4n) is 13.2. The van der Waals surface area contributed by atoms with Crippen LogP contribution in [0, 0.1) is 0 Å². The molecule has 0 radical (unpaired) electrons. The van der Waals surface area contributed by atoms with Crippen molar-refractivity contribution in [2.75, 3.05) is 9.71 Å². The van der Waals surface area contributed by atoms with Crippen LogP contribution in [-0.4, -0.2) is 6.85 Å². The molecule has 14 rings (SSSR count). The summed E-state index contributed by atoms with van der Waals surface area (Å²) in [7, 11) is 0. The third-order valence-electron chi connectivity index (χ3n) is 17.8. The van der Waals surface area contributed by atoms with Crippen LogP contribution in [0.2, 0.25) is 0 Å². The fourth-order valence-corrected chi connectivity index (χ4v) is 13.2. The summed E-state index contributed by atoms with van der Waals surface area (Å²) in [5, 5.41) is 5.52. The summed E-state index contributed by atoms with van der Waals surface area (Å²) >= 11 is 0. The molecule has 5 nitrogen and oxygen atoms in total. The average molecular weight is 995 g/mol. The van der Waals surface area contributed by atoms with E-state index in [1.54, 1.807) is 0 Å². The summed E-state index contributed by atoms with van der Waals surface area (Å²) in [6, 6.07) is 54.8. The molecule has 5 heterocycles. The zero-order valence-corrected chi connectivity index (χ0v) is 46.5. The molecule has 3 aromatic heterocycles. The van der Waals surface area contributed by atoms with Crippen LogP contribution in [0.3, 0.4) is 0 Å². The lowest BCUT2D eigenvalue weighted by atomic mass is 9.45. The minimum atomic E-state index is -0.405. The summed E-state index contributed by atoms with van der Waals surface area (Å²) in [4.78, 5) is 5.09. The van der Waals surface area contributed by atoms with Crippen molar-refractivity contribution in [2.45, 2.75) is 130 Å². The van der Waals surface area contributed by atoms with Gasteiger partial charge in [-0.2, -0.15) is 0 Å². The molecule has 0 unspecified atom stereocenters. The first-order valence-corrected chi connectivity index (χ1v) is 27.6. The molecule has 0 spiro atoms. The molecule has 2 aliphatic heterocycles. The van der Waals surface area contributed by atoms with Crippen LogP contribution in [0.5, 0.6) is 0 Å². The maximum absolute atomic E-state index is 7.59. The first kappa shape index (κ1) is 47.0. The number of anilines is 5. The van der Waals surface area contributed by atoms with Crippen molar-refractivity contribution in [3.63, 3.8) is 0 Å². The molecule has 1 aliphatic carbocycles. The predicted octanol–water partition coefficient (Wildman–Crippen LogP) is 18.8. The van der Waals surface area contributed by atoms with Crippen molar-refractivity contribution in [1.29, 1.82) is 0 Å². The first-order valence-electron chi connectivity index (χ1n) is 27.6. The maximum Gasteiger partial charge on any atom is 0.376 e. The van der Waals surface area contributed by atoms with Gasteiger partial charge in [-0.25, -0.2) is 0 Å². The highest BCUT2D eigenvalue weighted by Crippen LogP contribution is 2.56. The smallest absolute Gasteiger partial charge is 0.376 e. The molecular weight excluding hydrogens is 928 g/mol. The lowest BCUT2D eigenvalue weighted by Crippen LogP contribution is -2.61. The van der Waals surface area contributed by atoms with E-state index in [1.807, 2.05) is 0 Å². The van der Waals surface area contributed by atoms with Gasteiger partial charge in [0.1, 0.15) is 28.0 Å². The Labute approximate surface area is 447 Å². The summed E-state index contributed by atoms with van der Waals surface area (Å²) in [6.45, 7) is 29.9. The minimum Gasteiger partial charge on any atom is -0.466 e. The number of rotatable bonds is 3. The molecule has 0 saturated carbocycles. The van der Waals surface area contributed by atoms with E-state index in [0.29, 0.717) is 0 Å². The Balaban J connectivity index is 1.17. The molecule has 0 saturated heterocycles. The molecule has 76 heavy (non-hydrogen) atoms. The van der Waals surface area contributed by atoms with Gasteiger partial charge in [0.2, 0.25) is 0 Å². The van der Waals surface area contributed by atoms with Gasteiger partial charge in [-0.15, -0.1) is 0 Å². The van der Waals surface area contributed by atoms with E-state index in [-0.39, 0.29) is 27.1 Å². The maximum atomic E-state index is 7.59. The first-order chi connectivity index (χ1) is 36.0. The van der Waals surface area contributed by atoms with Gasteiger partial charge in [0, 0.05) is 55.5 Å². The number of nitrogens with zero attached hydrogens (tertiary/aromatic N) is 2. The zero-order valence-electron chi connectivity index (χ0n) is 46.5. The molecule has 6 heteroatoms. The molecule has 11 aromatic rings. The monoisotopic (exact) mass is 995 g/mol. The normalized spacial score (nSPS) is 16.0. The van der Waals surface area contributed by atoms with E-state index in [1.165, 1.54) is 27.8 Å². The molecule has 0 fully saturated rings. The highest BCUT2D eigenvalue weighted by Gasteiger charge is 2.51. The van der Waals surface area contributed by atoms with Crippen molar-refractivity contribution < 1.29 is 13.3 Å². The average Bonchev–Trinajstić information content (AvgIpc) is 4.26. The van der Waals surface area contributed by atoms with Crippen LogP contribution < -0.4 is 20.8 Å². The molecule has 0 bridgehead atoms. The van der Waals surface area contributed by atoms with Gasteiger partial charge in [-0.05, 0) is 151 Å². The van der Waals surface area contributed by atoms with Gasteiger partial charge in [-0.1, -0.05) is 163 Å². The quantitative estimate of drug-likeness (QED) is 0.165. The minimum absolute atomic E-state index is 0.0330. The van der Waals surface area contributed by atoms with Crippen molar-refractivity contribution in [3.05, 3.63) is 173 Å². The highest BCUT2D eigenvalue weighted by atomic mass is 16.3. The Morgan fingerprint density at radius 3 is 1.74 bits per heavy atom. The predicted molar refractivity (Wildman–Crippen MR) is 321 cm³/mol. The van der Waals surface area contributed by atoms with Crippen molar-refractivity contribution in [2.24, 2.45) is 0 Å². The topological polar surface area (TPSA) is 45.9 Å². The highest BCUT2D eigenvalue weighted by molar-refractivity contribution is 6.93. The van der Waals surface area contributed by atoms with E-state index in [4.69, 9.17) is 13.3 Å². The number of hydrogen-bond donors (Lipinski definition) is 0. The number of fused-ring (bicyclic) bond motifs is 14. The summed E-state index contributed by atoms with van der Waals surface area (Å²) in [5.41, 5.74) is 22.7. The summed E-state index contributed by atoms with van der Waals surface area (Å²) in [5.74, 6) is 0. The molecule has 0 atom stereocenters. The van der Waals surface area contributed by atoms with Crippen LogP contribution >= 0.6 is 0 Å². The molecule has 0 N–H and O–H groups in total. The van der Waals surface area contributed by atoms with Crippen molar-refractivity contribution in [3.8, 4) is 22.3 Å². The molecule has 0 amide bonds. The molecule has 3 aliphatic rings. The zero-order chi connectivity index (χ0) is 52.7. The van der Waals surface area contributed by atoms with Crippen molar-refractivity contribution >= 4 is 101 Å². The van der Waals surface area contributed by atoms with Crippen LogP contribution in [0.4, 0.5) is 28.4 Å². The largest absolute Gasteiger partial charge is 0.466 e. The third kappa shape index (κ3) is 6.84. The number of hydrogen-bond acceptors (Lipinski definition) is 5. The van der Waals surface area contributed by atoms with Gasteiger partial charge in [-0.3, -0.25) is 0 Å². The summed E-state index contributed by atoms with van der Waals surface area (Å²) in [6.07, 6.45) is 2.28. The molecular formula is C70H67BN2O3. The second-order valence-electron chi connectivity index (χ2n) is 26.8. The lowest BCUT2D eigenvalue weighted by Gasteiger charge is -2.44. The van der Waals surface area contributed by atoms with E-state index in [2.05, 4.69) is 245 Å². The van der Waals surface area contributed by atoms with Crippen LogP contribution in [0.1, 0.15) is 131 Å². The Bertz CT molecular complexity index is 4240. The Hall–Kier alpha value is -7.44. The second kappa shape index (κ2) is 15.6. The van der Waals surface area contributed by atoms with E-state index in [0.717, 1.165) is 130 Å². The second-order valence-corrected chi connectivity index (χ2v) is 26.8. The van der Waals surface area contributed by atoms with Gasteiger partial charge < -0.3 is 23.0 Å². The fraction of sp³-hybridized carbons (Fsp3) is 0.286. The van der Waals surface area contributed by atoms with Gasteiger partial charge >= 0.3 is 6.85 Å².